The molecule has 0 spiro atoms. The number of nitrogens with zero attached hydrogens (tertiary/aromatic N) is 2. The molecule has 7 heteroatoms. The molecule has 0 aliphatic rings. The van der Waals surface area contributed by atoms with E-state index in [-0.39, 0.29) is 5.91 Å². The van der Waals surface area contributed by atoms with E-state index in [1.807, 2.05) is 54.1 Å². The Balaban J connectivity index is 1.60. The van der Waals surface area contributed by atoms with Crippen LogP contribution in [0, 0.1) is 0 Å². The van der Waals surface area contributed by atoms with Gasteiger partial charge in [-0.3, -0.25) is 10.2 Å². The van der Waals surface area contributed by atoms with Gasteiger partial charge in [-0.25, -0.2) is 4.98 Å². The first-order valence-electron chi connectivity index (χ1n) is 7.93. The number of aromatic nitrogens is 1. The van der Waals surface area contributed by atoms with Crippen LogP contribution in [0.3, 0.4) is 0 Å². The number of hydrogen-bond donors (Lipinski definition) is 2. The van der Waals surface area contributed by atoms with Crippen molar-refractivity contribution in [3.63, 3.8) is 0 Å². The first kappa shape index (κ1) is 17.3. The Morgan fingerprint density at radius 1 is 1.24 bits per heavy atom. The number of hydrogen-bond acceptors (Lipinski definition) is 6. The third kappa shape index (κ3) is 4.98. The van der Waals surface area contributed by atoms with E-state index in [1.165, 1.54) is 11.3 Å². The monoisotopic (exact) mass is 370 g/mol. The molecule has 0 fully saturated rings. The summed E-state index contributed by atoms with van der Waals surface area (Å²) >= 11 is 3.13. The Hall–Kier alpha value is -2.51. The maximum atomic E-state index is 11.6. The second kappa shape index (κ2) is 8.55. The SMILES string of the molecule is CCCC(=O)Nc1ccc(-c2csc(N/N=C/c3cccs3)n2)cc1. The van der Waals surface area contributed by atoms with E-state index >= 15 is 0 Å². The van der Waals surface area contributed by atoms with Gasteiger partial charge in [-0.2, -0.15) is 5.10 Å². The summed E-state index contributed by atoms with van der Waals surface area (Å²) in [5, 5.41) is 11.8. The minimum absolute atomic E-state index is 0.0407. The maximum Gasteiger partial charge on any atom is 0.224 e. The number of carbonyl (C=O) groups excluding carboxylic acids is 1. The lowest BCUT2D eigenvalue weighted by Gasteiger charge is -2.04. The van der Waals surface area contributed by atoms with Crippen LogP contribution in [0.4, 0.5) is 10.8 Å². The molecule has 25 heavy (non-hydrogen) atoms. The molecule has 2 N–H and O–H groups in total. The lowest BCUT2D eigenvalue weighted by molar-refractivity contribution is -0.116. The van der Waals surface area contributed by atoms with Crippen molar-refractivity contribution in [2.45, 2.75) is 19.8 Å². The van der Waals surface area contributed by atoms with E-state index in [4.69, 9.17) is 0 Å². The number of thiophene rings is 1. The fourth-order valence-electron chi connectivity index (χ4n) is 2.15. The van der Waals surface area contributed by atoms with Gasteiger partial charge in [0, 0.05) is 27.9 Å². The molecular formula is C18H18N4OS2. The third-order valence-electron chi connectivity index (χ3n) is 3.34. The molecule has 2 heterocycles. The molecular weight excluding hydrogens is 352 g/mol. The van der Waals surface area contributed by atoms with Crippen LogP contribution < -0.4 is 10.7 Å². The molecule has 2 aromatic heterocycles. The standard InChI is InChI=1S/C18H18N4OS2/c1-2-4-17(23)20-14-8-6-13(7-9-14)16-12-25-18(21-16)22-19-11-15-5-3-10-24-15/h3,5-12H,2,4H2,1H3,(H,20,23)(H,21,22)/b19-11+. The van der Waals surface area contributed by atoms with E-state index in [0.29, 0.717) is 6.42 Å². The predicted octanol–water partition coefficient (Wildman–Crippen LogP) is 5.06. The molecule has 0 unspecified atom stereocenters. The zero-order chi connectivity index (χ0) is 17.5. The first-order chi connectivity index (χ1) is 12.2. The summed E-state index contributed by atoms with van der Waals surface area (Å²) in [6, 6.07) is 11.7. The van der Waals surface area contributed by atoms with Crippen LogP contribution in [0.25, 0.3) is 11.3 Å². The van der Waals surface area contributed by atoms with Crippen molar-refractivity contribution in [3.05, 3.63) is 52.0 Å². The molecule has 0 bridgehead atoms. The second-order valence-electron chi connectivity index (χ2n) is 5.30. The molecule has 3 rings (SSSR count). The molecule has 3 aromatic rings. The van der Waals surface area contributed by atoms with E-state index in [9.17, 15) is 4.79 Å². The Bertz CT molecular complexity index is 838. The summed E-state index contributed by atoms with van der Waals surface area (Å²) in [5.41, 5.74) is 5.63. The molecule has 0 saturated carbocycles. The van der Waals surface area contributed by atoms with Crippen molar-refractivity contribution < 1.29 is 4.79 Å². The van der Waals surface area contributed by atoms with Crippen molar-refractivity contribution in [1.29, 1.82) is 0 Å². The summed E-state index contributed by atoms with van der Waals surface area (Å²) in [6.45, 7) is 1.99. The fourth-order valence-corrected chi connectivity index (χ4v) is 3.40. The van der Waals surface area contributed by atoms with Gasteiger partial charge in [0.05, 0.1) is 11.9 Å². The van der Waals surface area contributed by atoms with Gasteiger partial charge in [-0.1, -0.05) is 25.1 Å². The largest absolute Gasteiger partial charge is 0.326 e. The Kier molecular flexibility index (Phi) is 5.92. The molecule has 1 amide bonds. The molecule has 0 aliphatic heterocycles. The molecule has 0 aliphatic carbocycles. The number of nitrogens with one attached hydrogen (secondary N) is 2. The van der Waals surface area contributed by atoms with Gasteiger partial charge < -0.3 is 5.32 Å². The Morgan fingerprint density at radius 3 is 2.80 bits per heavy atom. The van der Waals surface area contributed by atoms with Crippen LogP contribution in [0.15, 0.2) is 52.3 Å². The first-order valence-corrected chi connectivity index (χ1v) is 9.69. The Morgan fingerprint density at radius 2 is 2.08 bits per heavy atom. The minimum Gasteiger partial charge on any atom is -0.326 e. The highest BCUT2D eigenvalue weighted by atomic mass is 32.1. The third-order valence-corrected chi connectivity index (χ3v) is 4.89. The van der Waals surface area contributed by atoms with Gasteiger partial charge in [-0.15, -0.1) is 22.7 Å². The van der Waals surface area contributed by atoms with Crippen molar-refractivity contribution >= 4 is 45.6 Å². The topological polar surface area (TPSA) is 66.4 Å². The van der Waals surface area contributed by atoms with E-state index in [2.05, 4.69) is 20.8 Å². The summed E-state index contributed by atoms with van der Waals surface area (Å²) < 4.78 is 0. The van der Waals surface area contributed by atoms with Gasteiger partial charge in [0.1, 0.15) is 0 Å². The number of benzene rings is 1. The number of anilines is 2. The molecule has 0 saturated heterocycles. The van der Waals surface area contributed by atoms with Gasteiger partial charge in [-0.05, 0) is 30.0 Å². The van der Waals surface area contributed by atoms with Gasteiger partial charge in [0.2, 0.25) is 11.0 Å². The normalized spacial score (nSPS) is 10.9. The van der Waals surface area contributed by atoms with Crippen LogP contribution >= 0.6 is 22.7 Å². The zero-order valence-corrected chi connectivity index (χ0v) is 15.4. The average Bonchev–Trinajstić information content (AvgIpc) is 3.28. The van der Waals surface area contributed by atoms with Crippen LogP contribution in [0.5, 0.6) is 0 Å². The van der Waals surface area contributed by atoms with E-state index < -0.39 is 0 Å². The van der Waals surface area contributed by atoms with E-state index in [0.717, 1.165) is 33.4 Å². The van der Waals surface area contributed by atoms with Crippen molar-refractivity contribution in [3.8, 4) is 11.3 Å². The lowest BCUT2D eigenvalue weighted by Crippen LogP contribution is -2.10. The smallest absolute Gasteiger partial charge is 0.224 e. The summed E-state index contributed by atoms with van der Waals surface area (Å²) in [6.07, 6.45) is 3.15. The van der Waals surface area contributed by atoms with Gasteiger partial charge in [0.15, 0.2) is 0 Å². The molecule has 0 radical (unpaired) electrons. The summed E-state index contributed by atoms with van der Waals surface area (Å²) in [5.74, 6) is 0.0407. The quantitative estimate of drug-likeness (QED) is 0.451. The maximum absolute atomic E-state index is 11.6. The van der Waals surface area contributed by atoms with E-state index in [1.54, 1.807) is 17.6 Å². The summed E-state index contributed by atoms with van der Waals surface area (Å²) in [7, 11) is 0. The highest BCUT2D eigenvalue weighted by Gasteiger charge is 2.05. The number of hydrazone groups is 1. The fraction of sp³-hybridized carbons (Fsp3) is 0.167. The van der Waals surface area contributed by atoms with Crippen LogP contribution in [-0.4, -0.2) is 17.1 Å². The highest BCUT2D eigenvalue weighted by Crippen LogP contribution is 2.26. The highest BCUT2D eigenvalue weighted by molar-refractivity contribution is 7.14. The van der Waals surface area contributed by atoms with Gasteiger partial charge >= 0.3 is 0 Å². The van der Waals surface area contributed by atoms with Crippen molar-refractivity contribution in [2.24, 2.45) is 5.10 Å². The Labute approximate surface area is 154 Å². The van der Waals surface area contributed by atoms with Crippen LogP contribution in [-0.2, 0) is 4.79 Å². The van der Waals surface area contributed by atoms with Crippen molar-refractivity contribution in [2.75, 3.05) is 10.7 Å². The molecule has 0 atom stereocenters. The summed E-state index contributed by atoms with van der Waals surface area (Å²) in [4.78, 5) is 17.2. The number of rotatable bonds is 7. The predicted molar refractivity (Wildman–Crippen MR) is 107 cm³/mol. The molecule has 1 aromatic carbocycles. The number of carbonyl (C=O) groups is 1. The van der Waals surface area contributed by atoms with Crippen molar-refractivity contribution in [1.82, 2.24) is 4.98 Å². The number of amides is 1. The minimum atomic E-state index is 0.0407. The van der Waals surface area contributed by atoms with Gasteiger partial charge in [0.25, 0.3) is 0 Å². The average molecular weight is 371 g/mol. The molecule has 128 valence electrons. The lowest BCUT2D eigenvalue weighted by atomic mass is 10.1. The second-order valence-corrected chi connectivity index (χ2v) is 7.14. The van der Waals surface area contributed by atoms with Crippen LogP contribution in [0.2, 0.25) is 0 Å². The zero-order valence-electron chi connectivity index (χ0n) is 13.7. The molecule has 5 nitrogen and oxygen atoms in total. The van der Waals surface area contributed by atoms with Crippen LogP contribution in [0.1, 0.15) is 24.6 Å². The number of thiazole rings is 1.